The second kappa shape index (κ2) is 5.49. The summed E-state index contributed by atoms with van der Waals surface area (Å²) in [4.78, 5) is 2.46. The molecule has 1 saturated carbocycles. The van der Waals surface area contributed by atoms with Crippen LogP contribution in [0, 0.1) is 17.7 Å². The first-order chi connectivity index (χ1) is 9.22. The van der Waals surface area contributed by atoms with Gasteiger partial charge < -0.3 is 5.73 Å². The minimum atomic E-state index is -0.184. The Kier molecular flexibility index (Phi) is 3.74. The molecule has 1 saturated heterocycles. The highest BCUT2D eigenvalue weighted by atomic mass is 19.1. The second-order valence-electron chi connectivity index (χ2n) is 6.17. The summed E-state index contributed by atoms with van der Waals surface area (Å²) in [7, 11) is 0. The number of hydrogen-bond acceptors (Lipinski definition) is 2. The van der Waals surface area contributed by atoms with E-state index in [0.717, 1.165) is 30.5 Å². The van der Waals surface area contributed by atoms with E-state index in [9.17, 15) is 4.39 Å². The Labute approximate surface area is 114 Å². The molecule has 2 unspecified atom stereocenters. The number of likely N-dealkylation sites (tertiary alicyclic amines) is 1. The molecule has 1 aromatic rings. The van der Waals surface area contributed by atoms with Crippen molar-refractivity contribution in [3.63, 3.8) is 0 Å². The van der Waals surface area contributed by atoms with Crippen molar-refractivity contribution in [2.75, 3.05) is 18.8 Å². The first-order valence-corrected chi connectivity index (χ1v) is 7.48. The molecule has 1 aliphatic carbocycles. The predicted octanol–water partition coefficient (Wildman–Crippen LogP) is 3.42. The van der Waals surface area contributed by atoms with Crippen molar-refractivity contribution in [2.45, 2.75) is 38.6 Å². The van der Waals surface area contributed by atoms with E-state index in [1.165, 1.54) is 44.7 Å². The van der Waals surface area contributed by atoms with E-state index >= 15 is 0 Å². The van der Waals surface area contributed by atoms with Crippen LogP contribution >= 0.6 is 0 Å². The van der Waals surface area contributed by atoms with Gasteiger partial charge in [0.25, 0.3) is 0 Å². The summed E-state index contributed by atoms with van der Waals surface area (Å²) >= 11 is 0. The van der Waals surface area contributed by atoms with E-state index in [-0.39, 0.29) is 5.82 Å². The molecule has 1 aliphatic heterocycles. The monoisotopic (exact) mass is 262 g/mol. The fraction of sp³-hybridized carbons (Fsp3) is 0.625. The highest BCUT2D eigenvalue weighted by Crippen LogP contribution is 2.36. The van der Waals surface area contributed by atoms with Crippen molar-refractivity contribution in [2.24, 2.45) is 11.8 Å². The predicted molar refractivity (Wildman–Crippen MR) is 76.2 cm³/mol. The number of halogens is 1. The Balaban J connectivity index is 1.65. The number of rotatable bonds is 2. The van der Waals surface area contributed by atoms with Gasteiger partial charge in [0.05, 0.1) is 0 Å². The number of nitrogen functional groups attached to an aromatic ring is 1. The lowest BCUT2D eigenvalue weighted by atomic mass is 9.75. The Morgan fingerprint density at radius 1 is 1.16 bits per heavy atom. The van der Waals surface area contributed by atoms with Gasteiger partial charge >= 0.3 is 0 Å². The largest absolute Gasteiger partial charge is 0.398 e. The van der Waals surface area contributed by atoms with Crippen LogP contribution in [-0.2, 0) is 6.54 Å². The molecule has 0 radical (unpaired) electrons. The molecule has 0 amide bonds. The molecular weight excluding hydrogens is 239 g/mol. The van der Waals surface area contributed by atoms with Gasteiger partial charge in [-0.05, 0) is 55.0 Å². The number of hydrogen-bond donors (Lipinski definition) is 1. The summed E-state index contributed by atoms with van der Waals surface area (Å²) in [6.07, 6.45) is 6.90. The minimum absolute atomic E-state index is 0.184. The number of piperidine rings is 1. The number of fused-ring (bicyclic) bond motifs is 1. The number of benzene rings is 1. The number of nitrogens with two attached hydrogens (primary N) is 1. The molecule has 2 N–H and O–H groups in total. The van der Waals surface area contributed by atoms with Gasteiger partial charge in [0, 0.05) is 18.8 Å². The molecule has 2 nitrogen and oxygen atoms in total. The van der Waals surface area contributed by atoms with Crippen LogP contribution in [0.25, 0.3) is 0 Å². The topological polar surface area (TPSA) is 29.3 Å². The summed E-state index contributed by atoms with van der Waals surface area (Å²) < 4.78 is 13.3. The van der Waals surface area contributed by atoms with Gasteiger partial charge in [0.2, 0.25) is 0 Å². The van der Waals surface area contributed by atoms with Crippen LogP contribution in [0.3, 0.4) is 0 Å². The molecule has 2 atom stereocenters. The van der Waals surface area contributed by atoms with Crippen LogP contribution in [0.4, 0.5) is 10.1 Å². The fourth-order valence-corrected chi connectivity index (χ4v) is 3.77. The van der Waals surface area contributed by atoms with Gasteiger partial charge in [0.15, 0.2) is 0 Å². The fourth-order valence-electron chi connectivity index (χ4n) is 3.77. The SMILES string of the molecule is Nc1ccc(F)cc1CN1CCC2CCCCC2C1. The van der Waals surface area contributed by atoms with Gasteiger partial charge in [-0.1, -0.05) is 19.3 Å². The summed E-state index contributed by atoms with van der Waals surface area (Å²) in [5.74, 6) is 1.61. The number of nitrogens with zero attached hydrogens (tertiary/aromatic N) is 1. The zero-order valence-electron chi connectivity index (χ0n) is 11.4. The van der Waals surface area contributed by atoms with Crippen LogP contribution in [-0.4, -0.2) is 18.0 Å². The third-order valence-corrected chi connectivity index (χ3v) is 4.87. The highest BCUT2D eigenvalue weighted by Gasteiger charge is 2.31. The van der Waals surface area contributed by atoms with Crippen molar-refractivity contribution in [1.82, 2.24) is 4.90 Å². The number of anilines is 1. The molecule has 0 bridgehead atoms. The molecule has 1 aromatic carbocycles. The van der Waals surface area contributed by atoms with Gasteiger partial charge in [-0.25, -0.2) is 4.39 Å². The molecule has 0 spiro atoms. The molecule has 19 heavy (non-hydrogen) atoms. The Bertz CT molecular complexity index is 446. The zero-order chi connectivity index (χ0) is 13.2. The van der Waals surface area contributed by atoms with Crippen LogP contribution in [0.5, 0.6) is 0 Å². The van der Waals surface area contributed by atoms with Gasteiger partial charge in [-0.15, -0.1) is 0 Å². The van der Waals surface area contributed by atoms with E-state index in [0.29, 0.717) is 5.69 Å². The minimum Gasteiger partial charge on any atom is -0.398 e. The van der Waals surface area contributed by atoms with Gasteiger partial charge in [-0.3, -0.25) is 4.90 Å². The summed E-state index contributed by atoms with van der Waals surface area (Å²) in [5.41, 5.74) is 7.60. The maximum absolute atomic E-state index is 13.3. The summed E-state index contributed by atoms with van der Waals surface area (Å²) in [5, 5.41) is 0. The van der Waals surface area contributed by atoms with E-state index in [2.05, 4.69) is 4.90 Å². The average molecular weight is 262 g/mol. The first kappa shape index (κ1) is 12.9. The van der Waals surface area contributed by atoms with E-state index in [1.54, 1.807) is 12.1 Å². The maximum Gasteiger partial charge on any atom is 0.123 e. The smallest absolute Gasteiger partial charge is 0.123 e. The molecule has 1 heterocycles. The average Bonchev–Trinajstić information content (AvgIpc) is 2.43. The first-order valence-electron chi connectivity index (χ1n) is 7.48. The summed E-state index contributed by atoms with van der Waals surface area (Å²) in [6.45, 7) is 3.10. The maximum atomic E-state index is 13.3. The third-order valence-electron chi connectivity index (χ3n) is 4.87. The molecule has 0 aromatic heterocycles. The molecule has 2 fully saturated rings. The van der Waals surface area contributed by atoms with Gasteiger partial charge in [0.1, 0.15) is 5.82 Å². The normalized spacial score (nSPS) is 28.1. The van der Waals surface area contributed by atoms with Crippen LogP contribution in [0.15, 0.2) is 18.2 Å². The Morgan fingerprint density at radius 2 is 1.95 bits per heavy atom. The third kappa shape index (κ3) is 2.92. The lowest BCUT2D eigenvalue weighted by Gasteiger charge is -2.41. The van der Waals surface area contributed by atoms with Crippen LogP contribution < -0.4 is 5.73 Å². The van der Waals surface area contributed by atoms with Crippen molar-refractivity contribution < 1.29 is 4.39 Å². The Morgan fingerprint density at radius 3 is 2.79 bits per heavy atom. The Hall–Kier alpha value is -1.09. The highest BCUT2D eigenvalue weighted by molar-refractivity contribution is 5.46. The lowest BCUT2D eigenvalue weighted by Crippen LogP contribution is -2.41. The van der Waals surface area contributed by atoms with E-state index in [4.69, 9.17) is 5.73 Å². The quantitative estimate of drug-likeness (QED) is 0.827. The van der Waals surface area contributed by atoms with Crippen molar-refractivity contribution in [1.29, 1.82) is 0 Å². The molecule has 104 valence electrons. The van der Waals surface area contributed by atoms with E-state index < -0.39 is 0 Å². The standard InChI is InChI=1S/C16H23FN2/c17-15-5-6-16(18)14(9-15)11-19-8-7-12-3-1-2-4-13(12)10-19/h5-6,9,12-13H,1-4,7-8,10-11,18H2. The van der Waals surface area contributed by atoms with Crippen LogP contribution in [0.1, 0.15) is 37.7 Å². The molecule has 3 rings (SSSR count). The summed E-state index contributed by atoms with van der Waals surface area (Å²) in [6, 6.07) is 4.70. The van der Waals surface area contributed by atoms with Crippen molar-refractivity contribution in [3.05, 3.63) is 29.6 Å². The molecular formula is C16H23FN2. The zero-order valence-corrected chi connectivity index (χ0v) is 11.4. The lowest BCUT2D eigenvalue weighted by molar-refractivity contribution is 0.0821. The molecule has 3 heteroatoms. The van der Waals surface area contributed by atoms with Crippen LogP contribution in [0.2, 0.25) is 0 Å². The second-order valence-corrected chi connectivity index (χ2v) is 6.17. The molecule has 2 aliphatic rings. The van der Waals surface area contributed by atoms with Crippen molar-refractivity contribution in [3.8, 4) is 0 Å². The van der Waals surface area contributed by atoms with Gasteiger partial charge in [-0.2, -0.15) is 0 Å². The van der Waals surface area contributed by atoms with E-state index in [1.807, 2.05) is 0 Å². The van der Waals surface area contributed by atoms with Crippen molar-refractivity contribution >= 4 is 5.69 Å².